The molecule has 0 atom stereocenters. The zero-order chi connectivity index (χ0) is 17.6. The molecule has 0 aliphatic rings. The van der Waals surface area contributed by atoms with Crippen molar-refractivity contribution in [2.45, 2.75) is 6.54 Å². The van der Waals surface area contributed by atoms with E-state index in [1.54, 1.807) is 42.9 Å². The fraction of sp³-hybridized carbons (Fsp3) is 0.0526. The predicted molar refractivity (Wildman–Crippen MR) is 94.2 cm³/mol. The first kappa shape index (κ1) is 16.3. The monoisotopic (exact) mass is 333 g/mol. The van der Waals surface area contributed by atoms with Crippen LogP contribution in [0.2, 0.25) is 0 Å². The van der Waals surface area contributed by atoms with E-state index in [2.05, 4.69) is 4.98 Å². The van der Waals surface area contributed by atoms with Gasteiger partial charge in [-0.3, -0.25) is 14.9 Å². The van der Waals surface area contributed by atoms with Gasteiger partial charge >= 0.3 is 0 Å². The van der Waals surface area contributed by atoms with Crippen LogP contribution >= 0.6 is 0 Å². The van der Waals surface area contributed by atoms with Crippen LogP contribution in [-0.4, -0.2) is 20.3 Å². The van der Waals surface area contributed by atoms with Crippen molar-refractivity contribution in [3.05, 3.63) is 100 Å². The van der Waals surface area contributed by atoms with Gasteiger partial charge in [0.25, 0.3) is 5.69 Å². The van der Waals surface area contributed by atoms with Gasteiger partial charge in [-0.25, -0.2) is 4.98 Å². The molecule has 0 saturated carbocycles. The number of nitro groups is 1. The molecule has 1 aromatic heterocycles. The van der Waals surface area contributed by atoms with Gasteiger partial charge in [0.2, 0.25) is 0 Å². The Morgan fingerprint density at radius 3 is 2.68 bits per heavy atom. The van der Waals surface area contributed by atoms with Gasteiger partial charge in [-0.1, -0.05) is 42.5 Å². The third kappa shape index (κ3) is 4.26. The third-order valence-corrected chi connectivity index (χ3v) is 3.67. The molecule has 3 rings (SSSR count). The summed E-state index contributed by atoms with van der Waals surface area (Å²) in [6.07, 6.45) is 8.33. The van der Waals surface area contributed by atoms with Crippen LogP contribution < -0.4 is 0 Å². The first-order valence-corrected chi connectivity index (χ1v) is 7.63. The number of non-ortho nitro benzene ring substituents is 1. The minimum absolute atomic E-state index is 0.00143. The normalized spacial score (nSPS) is 10.9. The lowest BCUT2D eigenvalue weighted by Crippen LogP contribution is -1.98. The van der Waals surface area contributed by atoms with Crippen molar-refractivity contribution < 1.29 is 9.72 Å². The number of aromatic nitrogens is 2. The minimum Gasteiger partial charge on any atom is -0.333 e. The molecule has 0 saturated heterocycles. The summed E-state index contributed by atoms with van der Waals surface area (Å²) in [7, 11) is 0. The van der Waals surface area contributed by atoms with Crippen molar-refractivity contribution in [2.75, 3.05) is 0 Å². The maximum absolute atomic E-state index is 12.2. The van der Waals surface area contributed by atoms with Crippen LogP contribution in [0.3, 0.4) is 0 Å². The van der Waals surface area contributed by atoms with E-state index in [4.69, 9.17) is 0 Å². The highest BCUT2D eigenvalue weighted by molar-refractivity contribution is 6.06. The van der Waals surface area contributed by atoms with Crippen molar-refractivity contribution in [3.63, 3.8) is 0 Å². The second kappa shape index (κ2) is 7.35. The molecule has 0 amide bonds. The first-order chi connectivity index (χ1) is 12.1. The van der Waals surface area contributed by atoms with Gasteiger partial charge in [-0.15, -0.1) is 0 Å². The number of imidazole rings is 1. The lowest BCUT2D eigenvalue weighted by molar-refractivity contribution is -0.384. The van der Waals surface area contributed by atoms with E-state index in [0.717, 1.165) is 5.56 Å². The van der Waals surface area contributed by atoms with Crippen LogP contribution in [0, 0.1) is 10.1 Å². The van der Waals surface area contributed by atoms with E-state index in [0.29, 0.717) is 17.7 Å². The SMILES string of the molecule is O=C(/C=C/c1cccc([N+](=O)[O-])c1)c1ccc(Cn2ccnc2)cc1. The fourth-order valence-electron chi connectivity index (χ4n) is 2.38. The molecular formula is C19H15N3O3. The number of ketones is 1. The molecular weight excluding hydrogens is 318 g/mol. The maximum Gasteiger partial charge on any atom is 0.270 e. The molecule has 0 bridgehead atoms. The Morgan fingerprint density at radius 2 is 2.00 bits per heavy atom. The van der Waals surface area contributed by atoms with E-state index in [-0.39, 0.29) is 11.5 Å². The zero-order valence-electron chi connectivity index (χ0n) is 13.3. The number of carbonyl (C=O) groups is 1. The average molecular weight is 333 g/mol. The number of allylic oxidation sites excluding steroid dienone is 1. The van der Waals surface area contributed by atoms with E-state index in [1.807, 2.05) is 22.9 Å². The topological polar surface area (TPSA) is 78.0 Å². The van der Waals surface area contributed by atoms with E-state index in [9.17, 15) is 14.9 Å². The molecule has 25 heavy (non-hydrogen) atoms. The Bertz CT molecular complexity index is 913. The number of nitrogens with zero attached hydrogens (tertiary/aromatic N) is 3. The maximum atomic E-state index is 12.2. The number of carbonyl (C=O) groups excluding carboxylic acids is 1. The summed E-state index contributed by atoms with van der Waals surface area (Å²) in [4.78, 5) is 26.5. The molecule has 6 heteroatoms. The van der Waals surface area contributed by atoms with Crippen LogP contribution in [0.5, 0.6) is 0 Å². The zero-order valence-corrected chi connectivity index (χ0v) is 13.3. The van der Waals surface area contributed by atoms with Crippen LogP contribution in [0.25, 0.3) is 6.08 Å². The molecule has 0 aliphatic carbocycles. The summed E-state index contributed by atoms with van der Waals surface area (Å²) in [6, 6.07) is 13.5. The van der Waals surface area contributed by atoms with Gasteiger partial charge < -0.3 is 4.57 Å². The van der Waals surface area contributed by atoms with Gasteiger partial charge in [0.05, 0.1) is 11.3 Å². The highest BCUT2D eigenvalue weighted by Crippen LogP contribution is 2.15. The lowest BCUT2D eigenvalue weighted by Gasteiger charge is -2.03. The summed E-state index contributed by atoms with van der Waals surface area (Å²) in [5, 5.41) is 10.8. The summed E-state index contributed by atoms with van der Waals surface area (Å²) in [5.74, 6) is -0.152. The smallest absolute Gasteiger partial charge is 0.270 e. The number of hydrogen-bond donors (Lipinski definition) is 0. The van der Waals surface area contributed by atoms with Gasteiger partial charge in [0.15, 0.2) is 5.78 Å². The van der Waals surface area contributed by atoms with Crippen LogP contribution in [0.4, 0.5) is 5.69 Å². The molecule has 3 aromatic rings. The molecule has 0 N–H and O–H groups in total. The Hall–Kier alpha value is -3.54. The lowest BCUT2D eigenvalue weighted by atomic mass is 10.1. The Kier molecular flexibility index (Phi) is 4.80. The van der Waals surface area contributed by atoms with Gasteiger partial charge in [0.1, 0.15) is 0 Å². The molecule has 0 unspecified atom stereocenters. The highest BCUT2D eigenvalue weighted by atomic mass is 16.6. The number of hydrogen-bond acceptors (Lipinski definition) is 4. The largest absolute Gasteiger partial charge is 0.333 e. The molecule has 0 radical (unpaired) electrons. The van der Waals surface area contributed by atoms with Crippen molar-refractivity contribution in [2.24, 2.45) is 0 Å². The number of benzene rings is 2. The van der Waals surface area contributed by atoms with Gasteiger partial charge in [-0.2, -0.15) is 0 Å². The van der Waals surface area contributed by atoms with Crippen LogP contribution in [-0.2, 0) is 6.54 Å². The summed E-state index contributed by atoms with van der Waals surface area (Å²) >= 11 is 0. The first-order valence-electron chi connectivity index (χ1n) is 7.63. The molecule has 1 heterocycles. The Morgan fingerprint density at radius 1 is 1.20 bits per heavy atom. The predicted octanol–water partition coefficient (Wildman–Crippen LogP) is 3.74. The van der Waals surface area contributed by atoms with Crippen LogP contribution in [0.15, 0.2) is 73.3 Å². The summed E-state index contributed by atoms with van der Waals surface area (Å²) < 4.78 is 1.94. The Balaban J connectivity index is 1.68. The summed E-state index contributed by atoms with van der Waals surface area (Å²) in [5.41, 5.74) is 2.24. The second-order valence-electron chi connectivity index (χ2n) is 5.48. The van der Waals surface area contributed by atoms with Crippen molar-refractivity contribution in [1.82, 2.24) is 9.55 Å². The molecule has 6 nitrogen and oxygen atoms in total. The van der Waals surface area contributed by atoms with Crippen molar-refractivity contribution in [1.29, 1.82) is 0 Å². The second-order valence-corrected chi connectivity index (χ2v) is 5.48. The minimum atomic E-state index is -0.460. The van der Waals surface area contributed by atoms with Crippen molar-refractivity contribution >= 4 is 17.5 Å². The highest BCUT2D eigenvalue weighted by Gasteiger charge is 2.05. The van der Waals surface area contributed by atoms with E-state index < -0.39 is 4.92 Å². The molecule has 124 valence electrons. The number of nitro benzene ring substituents is 1. The van der Waals surface area contributed by atoms with Crippen LogP contribution in [0.1, 0.15) is 21.5 Å². The van der Waals surface area contributed by atoms with E-state index >= 15 is 0 Å². The quantitative estimate of drug-likeness (QED) is 0.298. The molecule has 0 spiro atoms. The molecule has 0 aliphatic heterocycles. The van der Waals surface area contributed by atoms with Gasteiger partial charge in [-0.05, 0) is 17.2 Å². The van der Waals surface area contributed by atoms with Crippen molar-refractivity contribution in [3.8, 4) is 0 Å². The summed E-state index contributed by atoms with van der Waals surface area (Å²) in [6.45, 7) is 0.692. The van der Waals surface area contributed by atoms with E-state index in [1.165, 1.54) is 18.2 Å². The standard InChI is InChI=1S/C19H15N3O3/c23-19(9-6-15-2-1-3-18(12-15)22(24)25)17-7-4-16(5-8-17)13-21-11-10-20-14-21/h1-12,14H,13H2/b9-6+. The number of rotatable bonds is 6. The third-order valence-electron chi connectivity index (χ3n) is 3.67. The fourth-order valence-corrected chi connectivity index (χ4v) is 2.38. The Labute approximate surface area is 144 Å². The average Bonchev–Trinajstić information content (AvgIpc) is 3.13. The van der Waals surface area contributed by atoms with Gasteiger partial charge in [0, 0.05) is 36.6 Å². The molecule has 0 fully saturated rings. The molecule has 2 aromatic carbocycles.